The average molecular weight is 445 g/mol. The maximum absolute atomic E-state index is 12.8. The fourth-order valence-corrected chi connectivity index (χ4v) is 4.43. The minimum absolute atomic E-state index is 0.196. The molecule has 0 aromatic heterocycles. The van der Waals surface area contributed by atoms with Crippen molar-refractivity contribution in [3.05, 3.63) is 59.7 Å². The van der Waals surface area contributed by atoms with Gasteiger partial charge in [-0.2, -0.15) is 0 Å². The van der Waals surface area contributed by atoms with Gasteiger partial charge in [0.05, 0.1) is 18.0 Å². The average Bonchev–Trinajstić information content (AvgIpc) is 2.73. The summed E-state index contributed by atoms with van der Waals surface area (Å²) in [6.45, 7) is 10.3. The van der Waals surface area contributed by atoms with Crippen molar-refractivity contribution in [2.45, 2.75) is 32.9 Å². The normalized spacial score (nSPS) is 16.2. The van der Waals surface area contributed by atoms with E-state index in [0.717, 1.165) is 38.1 Å². The Morgan fingerprint density at radius 1 is 0.935 bits per heavy atom. The molecule has 1 unspecified atom stereocenters. The molecule has 1 aliphatic heterocycles. The molecule has 0 aliphatic carbocycles. The number of para-hydroxylation sites is 1. The van der Waals surface area contributed by atoms with E-state index in [-0.39, 0.29) is 11.9 Å². The van der Waals surface area contributed by atoms with Gasteiger partial charge in [-0.3, -0.25) is 14.4 Å². The predicted octanol–water partition coefficient (Wildman–Crippen LogP) is 3.08. The Morgan fingerprint density at radius 3 is 2.13 bits per heavy atom. The van der Waals surface area contributed by atoms with Gasteiger partial charge in [0.15, 0.2) is 0 Å². The van der Waals surface area contributed by atoms with Gasteiger partial charge in [0.25, 0.3) is 5.91 Å². The minimum atomic E-state index is -3.41. The van der Waals surface area contributed by atoms with E-state index in [1.807, 2.05) is 37.3 Å². The first-order valence-corrected chi connectivity index (χ1v) is 12.5. The van der Waals surface area contributed by atoms with Gasteiger partial charge in [0, 0.05) is 43.5 Å². The Labute approximate surface area is 185 Å². The maximum atomic E-state index is 12.8. The van der Waals surface area contributed by atoms with E-state index in [9.17, 15) is 13.2 Å². The van der Waals surface area contributed by atoms with Crippen molar-refractivity contribution in [3.63, 3.8) is 0 Å². The lowest BCUT2D eigenvalue weighted by Crippen LogP contribution is -2.48. The van der Waals surface area contributed by atoms with Crippen molar-refractivity contribution >= 4 is 27.3 Å². The molecule has 3 rings (SSSR count). The zero-order chi connectivity index (χ0) is 22.6. The van der Waals surface area contributed by atoms with E-state index < -0.39 is 10.0 Å². The van der Waals surface area contributed by atoms with Crippen LogP contribution in [0.1, 0.15) is 42.7 Å². The van der Waals surface area contributed by atoms with Crippen molar-refractivity contribution in [3.8, 4) is 0 Å². The second kappa shape index (κ2) is 9.70. The number of carbonyl (C=O) groups is 1. The predicted molar refractivity (Wildman–Crippen MR) is 126 cm³/mol. The number of sulfonamides is 1. The van der Waals surface area contributed by atoms with Crippen LogP contribution in [0.3, 0.4) is 0 Å². The summed E-state index contributed by atoms with van der Waals surface area (Å²) >= 11 is 0. The molecule has 8 heteroatoms. The molecule has 7 nitrogen and oxygen atoms in total. The summed E-state index contributed by atoms with van der Waals surface area (Å²) in [4.78, 5) is 17.6. The molecule has 1 fully saturated rings. The molecule has 2 N–H and O–H groups in total. The van der Waals surface area contributed by atoms with Crippen LogP contribution in [0.4, 0.5) is 11.4 Å². The fourth-order valence-electron chi connectivity index (χ4n) is 3.85. The Kier molecular flexibility index (Phi) is 7.23. The second-order valence-corrected chi connectivity index (χ2v) is 10.1. The highest BCUT2D eigenvalue weighted by Crippen LogP contribution is 2.24. The van der Waals surface area contributed by atoms with Crippen LogP contribution in [-0.2, 0) is 10.0 Å². The van der Waals surface area contributed by atoms with E-state index in [2.05, 4.69) is 33.7 Å². The number of piperazine rings is 1. The summed E-state index contributed by atoms with van der Waals surface area (Å²) in [6.07, 6.45) is 1.11. The van der Waals surface area contributed by atoms with E-state index in [0.29, 0.717) is 22.9 Å². The number of carbonyl (C=O) groups excluding carboxylic acids is 1. The van der Waals surface area contributed by atoms with Crippen molar-refractivity contribution in [1.82, 2.24) is 10.2 Å². The van der Waals surface area contributed by atoms with Crippen LogP contribution >= 0.6 is 0 Å². The topological polar surface area (TPSA) is 81.8 Å². The highest BCUT2D eigenvalue weighted by molar-refractivity contribution is 7.92. The third-order valence-electron chi connectivity index (χ3n) is 5.61. The van der Waals surface area contributed by atoms with Crippen molar-refractivity contribution in [2.75, 3.05) is 42.1 Å². The molecule has 1 amide bonds. The smallest absolute Gasteiger partial charge is 0.251 e. The zero-order valence-electron chi connectivity index (χ0n) is 18.6. The maximum Gasteiger partial charge on any atom is 0.251 e. The lowest BCUT2D eigenvalue weighted by atomic mass is 10.1. The molecule has 1 heterocycles. The van der Waals surface area contributed by atoms with Gasteiger partial charge < -0.3 is 10.2 Å². The van der Waals surface area contributed by atoms with Crippen LogP contribution in [0.2, 0.25) is 0 Å². The van der Waals surface area contributed by atoms with Gasteiger partial charge in [-0.15, -0.1) is 0 Å². The molecule has 0 spiro atoms. The van der Waals surface area contributed by atoms with Crippen molar-refractivity contribution < 1.29 is 13.2 Å². The molecular formula is C23H32N4O3S. The lowest BCUT2D eigenvalue weighted by Gasteiger charge is -2.38. The van der Waals surface area contributed by atoms with Crippen LogP contribution < -0.4 is 14.9 Å². The Balaban J connectivity index is 1.64. The number of anilines is 2. The van der Waals surface area contributed by atoms with Crippen LogP contribution in [-0.4, -0.2) is 57.7 Å². The molecule has 0 bridgehead atoms. The molecule has 31 heavy (non-hydrogen) atoms. The van der Waals surface area contributed by atoms with Crippen molar-refractivity contribution in [1.29, 1.82) is 0 Å². The van der Waals surface area contributed by atoms with Gasteiger partial charge in [0.2, 0.25) is 10.0 Å². The molecule has 1 aliphatic rings. The van der Waals surface area contributed by atoms with Gasteiger partial charge in [-0.1, -0.05) is 18.2 Å². The summed E-state index contributed by atoms with van der Waals surface area (Å²) in [5.41, 5.74) is 2.87. The molecular weight excluding hydrogens is 412 g/mol. The highest BCUT2D eigenvalue weighted by atomic mass is 32.2. The molecule has 1 saturated heterocycles. The third-order valence-corrected chi connectivity index (χ3v) is 6.20. The van der Waals surface area contributed by atoms with Crippen LogP contribution in [0.25, 0.3) is 0 Å². The molecule has 0 saturated carbocycles. The monoisotopic (exact) mass is 444 g/mol. The fraction of sp³-hybridized carbons (Fsp3) is 0.435. The number of hydrogen-bond acceptors (Lipinski definition) is 5. The Morgan fingerprint density at radius 2 is 1.55 bits per heavy atom. The zero-order valence-corrected chi connectivity index (χ0v) is 19.4. The second-order valence-electron chi connectivity index (χ2n) is 8.32. The van der Waals surface area contributed by atoms with E-state index in [1.165, 1.54) is 0 Å². The third kappa shape index (κ3) is 6.21. The summed E-state index contributed by atoms with van der Waals surface area (Å²) in [6, 6.07) is 14.9. The number of benzene rings is 2. The first-order valence-electron chi connectivity index (χ1n) is 10.6. The Bertz CT molecular complexity index is 998. The molecule has 2 aromatic carbocycles. The van der Waals surface area contributed by atoms with Crippen LogP contribution in [0.5, 0.6) is 0 Å². The molecule has 1 atom stereocenters. The number of amides is 1. The summed E-state index contributed by atoms with van der Waals surface area (Å²) in [5, 5.41) is 2.96. The number of rotatable bonds is 7. The van der Waals surface area contributed by atoms with E-state index >= 15 is 0 Å². The first-order chi connectivity index (χ1) is 14.6. The van der Waals surface area contributed by atoms with Gasteiger partial charge in [0.1, 0.15) is 0 Å². The SMILES string of the molecule is CC(NC(=O)c1ccc(N2CCN(C(C)C)CC2)cc1)c1ccccc1NS(C)(=O)=O. The lowest BCUT2D eigenvalue weighted by molar-refractivity contribution is 0.0940. The van der Waals surface area contributed by atoms with E-state index in [4.69, 9.17) is 0 Å². The number of nitrogens with one attached hydrogen (secondary N) is 2. The highest BCUT2D eigenvalue weighted by Gasteiger charge is 2.20. The summed E-state index contributed by atoms with van der Waals surface area (Å²) in [7, 11) is -3.41. The molecule has 0 radical (unpaired) electrons. The molecule has 2 aromatic rings. The van der Waals surface area contributed by atoms with Crippen LogP contribution in [0, 0.1) is 0 Å². The quantitative estimate of drug-likeness (QED) is 0.686. The largest absolute Gasteiger partial charge is 0.369 e. The molecule has 168 valence electrons. The van der Waals surface area contributed by atoms with Gasteiger partial charge in [-0.05, 0) is 56.7 Å². The Hall–Kier alpha value is -2.58. The van der Waals surface area contributed by atoms with Gasteiger partial charge >= 0.3 is 0 Å². The minimum Gasteiger partial charge on any atom is -0.369 e. The summed E-state index contributed by atoms with van der Waals surface area (Å²) in [5.74, 6) is -0.196. The van der Waals surface area contributed by atoms with Gasteiger partial charge in [-0.25, -0.2) is 8.42 Å². The summed E-state index contributed by atoms with van der Waals surface area (Å²) < 4.78 is 25.8. The van der Waals surface area contributed by atoms with E-state index in [1.54, 1.807) is 18.2 Å². The van der Waals surface area contributed by atoms with Crippen molar-refractivity contribution in [2.24, 2.45) is 0 Å². The number of hydrogen-bond donors (Lipinski definition) is 2. The number of nitrogens with zero attached hydrogens (tertiary/aromatic N) is 2. The first kappa shape index (κ1) is 23.1. The standard InChI is InChI=1S/C23H32N4O3S/c1-17(2)26-13-15-27(16-14-26)20-11-9-19(10-12-20)23(28)24-18(3)21-7-5-6-8-22(21)25-31(4,29)30/h5-12,17-18,25H,13-16H2,1-4H3,(H,24,28). The van der Waals surface area contributed by atoms with Crippen LogP contribution in [0.15, 0.2) is 48.5 Å².